The summed E-state index contributed by atoms with van der Waals surface area (Å²) in [7, 11) is 0. The normalized spacial score (nSPS) is 12.6. The quantitative estimate of drug-likeness (QED) is 0.832. The van der Waals surface area contributed by atoms with E-state index in [-0.39, 0.29) is 0 Å². The Balaban J connectivity index is 2.69. The summed E-state index contributed by atoms with van der Waals surface area (Å²) in [5.74, 6) is -1.25. The number of carbonyl (C=O) groups is 1. The molecule has 16 heavy (non-hydrogen) atoms. The Morgan fingerprint density at radius 3 is 2.69 bits per heavy atom. The van der Waals surface area contributed by atoms with Crippen molar-refractivity contribution >= 4 is 16.7 Å². The van der Waals surface area contributed by atoms with E-state index in [2.05, 4.69) is 0 Å². The number of benzene rings is 2. The zero-order valence-corrected chi connectivity index (χ0v) is 9.40. The third-order valence-electron chi connectivity index (χ3n) is 2.91. The number of aryl methyl sites for hydroxylation is 1. The first-order chi connectivity index (χ1) is 7.59. The summed E-state index contributed by atoms with van der Waals surface area (Å²) < 4.78 is 0. The Labute approximate surface area is 94.5 Å². The zero-order chi connectivity index (χ0) is 11.7. The number of hydrogen-bond acceptors (Lipinski definition) is 1. The van der Waals surface area contributed by atoms with E-state index >= 15 is 0 Å². The Morgan fingerprint density at radius 2 is 2.00 bits per heavy atom. The average Bonchev–Trinajstić information content (AvgIpc) is 2.27. The summed E-state index contributed by atoms with van der Waals surface area (Å²) in [5.41, 5.74) is 2.03. The van der Waals surface area contributed by atoms with Crippen LogP contribution in [0.5, 0.6) is 0 Å². The summed E-state index contributed by atoms with van der Waals surface area (Å²) in [6, 6.07) is 11.9. The van der Waals surface area contributed by atoms with Crippen LogP contribution in [0, 0.1) is 6.92 Å². The maximum atomic E-state index is 11.0. The monoisotopic (exact) mass is 214 g/mol. The van der Waals surface area contributed by atoms with E-state index in [4.69, 9.17) is 5.11 Å². The van der Waals surface area contributed by atoms with E-state index < -0.39 is 11.9 Å². The van der Waals surface area contributed by atoms with Crippen molar-refractivity contribution < 1.29 is 9.90 Å². The van der Waals surface area contributed by atoms with Crippen LogP contribution in [-0.4, -0.2) is 11.1 Å². The fourth-order valence-corrected chi connectivity index (χ4v) is 1.92. The van der Waals surface area contributed by atoms with Gasteiger partial charge in [-0.25, -0.2) is 0 Å². The molecule has 0 amide bonds. The fourth-order valence-electron chi connectivity index (χ4n) is 1.92. The Hall–Kier alpha value is -1.83. The van der Waals surface area contributed by atoms with Gasteiger partial charge in [0.05, 0.1) is 5.92 Å². The maximum Gasteiger partial charge on any atom is 0.310 e. The lowest BCUT2D eigenvalue weighted by molar-refractivity contribution is -0.138. The molecular formula is C14H14O2. The largest absolute Gasteiger partial charge is 0.481 e. The van der Waals surface area contributed by atoms with E-state index in [9.17, 15) is 4.79 Å². The molecule has 1 N–H and O–H groups in total. The summed E-state index contributed by atoms with van der Waals surface area (Å²) in [6.45, 7) is 3.74. The van der Waals surface area contributed by atoms with E-state index in [0.29, 0.717) is 0 Å². The van der Waals surface area contributed by atoms with Gasteiger partial charge in [-0.1, -0.05) is 42.0 Å². The lowest BCUT2D eigenvalue weighted by Crippen LogP contribution is -2.07. The Bertz CT molecular complexity index is 543. The molecule has 1 unspecified atom stereocenters. The summed E-state index contributed by atoms with van der Waals surface area (Å²) in [5, 5.41) is 11.2. The van der Waals surface area contributed by atoms with Gasteiger partial charge in [-0.15, -0.1) is 0 Å². The van der Waals surface area contributed by atoms with Crippen LogP contribution in [0.15, 0.2) is 36.4 Å². The second-order valence-corrected chi connectivity index (χ2v) is 4.13. The summed E-state index contributed by atoms with van der Waals surface area (Å²) >= 11 is 0. The van der Waals surface area contributed by atoms with Crippen LogP contribution in [0.2, 0.25) is 0 Å². The molecule has 2 aromatic rings. The molecule has 0 saturated carbocycles. The molecule has 0 aliphatic heterocycles. The van der Waals surface area contributed by atoms with Gasteiger partial charge in [0.2, 0.25) is 0 Å². The third kappa shape index (κ3) is 1.78. The smallest absolute Gasteiger partial charge is 0.310 e. The molecule has 1 atom stereocenters. The van der Waals surface area contributed by atoms with Gasteiger partial charge in [-0.3, -0.25) is 4.79 Å². The van der Waals surface area contributed by atoms with Gasteiger partial charge in [-0.2, -0.15) is 0 Å². The second-order valence-electron chi connectivity index (χ2n) is 4.13. The lowest BCUT2D eigenvalue weighted by atomic mass is 9.94. The molecule has 0 aromatic heterocycles. The van der Waals surface area contributed by atoms with Crippen LogP contribution in [0.1, 0.15) is 24.0 Å². The molecule has 2 aromatic carbocycles. The van der Waals surface area contributed by atoms with Crippen molar-refractivity contribution in [2.45, 2.75) is 19.8 Å². The first kappa shape index (κ1) is 10.7. The first-order valence-electron chi connectivity index (χ1n) is 5.31. The van der Waals surface area contributed by atoms with Crippen molar-refractivity contribution in [1.82, 2.24) is 0 Å². The first-order valence-corrected chi connectivity index (χ1v) is 5.31. The number of aliphatic carboxylic acids is 1. The van der Waals surface area contributed by atoms with E-state index in [1.165, 1.54) is 0 Å². The number of carboxylic acid groups (broad SMARTS) is 1. The predicted octanol–water partition coefficient (Wildman–Crippen LogP) is 3.34. The average molecular weight is 214 g/mol. The zero-order valence-electron chi connectivity index (χ0n) is 9.40. The van der Waals surface area contributed by atoms with Gasteiger partial charge in [0.25, 0.3) is 0 Å². The molecule has 0 spiro atoms. The molecule has 0 bridgehead atoms. The number of rotatable bonds is 2. The van der Waals surface area contributed by atoms with Crippen LogP contribution in [0.4, 0.5) is 0 Å². The molecular weight excluding hydrogens is 200 g/mol. The van der Waals surface area contributed by atoms with Gasteiger partial charge in [0.15, 0.2) is 0 Å². The topological polar surface area (TPSA) is 37.3 Å². The highest BCUT2D eigenvalue weighted by Crippen LogP contribution is 2.26. The highest BCUT2D eigenvalue weighted by Gasteiger charge is 2.15. The molecule has 82 valence electrons. The highest BCUT2D eigenvalue weighted by atomic mass is 16.4. The third-order valence-corrected chi connectivity index (χ3v) is 2.91. The van der Waals surface area contributed by atoms with Crippen LogP contribution in [-0.2, 0) is 4.79 Å². The molecule has 0 saturated heterocycles. The Kier molecular flexibility index (Phi) is 2.65. The standard InChI is InChI=1S/C14H14O2/c1-9-6-7-11-4-3-5-12(13(11)8-9)10(2)14(15)16/h3-8,10H,1-2H3,(H,15,16). The van der Waals surface area contributed by atoms with Crippen molar-refractivity contribution in [2.75, 3.05) is 0 Å². The van der Waals surface area contributed by atoms with Gasteiger partial charge < -0.3 is 5.11 Å². The van der Waals surface area contributed by atoms with E-state index in [1.807, 2.05) is 43.3 Å². The SMILES string of the molecule is Cc1ccc2cccc(C(C)C(=O)O)c2c1. The minimum absolute atomic E-state index is 0.467. The highest BCUT2D eigenvalue weighted by molar-refractivity contribution is 5.91. The van der Waals surface area contributed by atoms with Crippen molar-refractivity contribution in [3.8, 4) is 0 Å². The van der Waals surface area contributed by atoms with Crippen LogP contribution in [0.25, 0.3) is 10.8 Å². The molecule has 0 aliphatic rings. The fraction of sp³-hybridized carbons (Fsp3) is 0.214. The van der Waals surface area contributed by atoms with Crippen LogP contribution in [0.3, 0.4) is 0 Å². The van der Waals surface area contributed by atoms with Crippen LogP contribution < -0.4 is 0 Å². The maximum absolute atomic E-state index is 11.0. The molecule has 0 fully saturated rings. The minimum Gasteiger partial charge on any atom is -0.481 e. The van der Waals surface area contributed by atoms with Crippen molar-refractivity contribution in [2.24, 2.45) is 0 Å². The molecule has 0 radical (unpaired) electrons. The van der Waals surface area contributed by atoms with Gasteiger partial charge in [0.1, 0.15) is 0 Å². The molecule has 2 nitrogen and oxygen atoms in total. The Morgan fingerprint density at radius 1 is 1.25 bits per heavy atom. The lowest BCUT2D eigenvalue weighted by Gasteiger charge is -2.11. The molecule has 2 heteroatoms. The van der Waals surface area contributed by atoms with Gasteiger partial charge >= 0.3 is 5.97 Å². The predicted molar refractivity (Wildman–Crippen MR) is 64.7 cm³/mol. The van der Waals surface area contributed by atoms with E-state index in [1.54, 1.807) is 6.92 Å². The van der Waals surface area contributed by atoms with Crippen LogP contribution >= 0.6 is 0 Å². The summed E-state index contributed by atoms with van der Waals surface area (Å²) in [4.78, 5) is 11.0. The van der Waals surface area contributed by atoms with Gasteiger partial charge in [0, 0.05) is 0 Å². The number of carboxylic acids is 1. The second kappa shape index (κ2) is 3.97. The van der Waals surface area contributed by atoms with Crippen molar-refractivity contribution in [3.05, 3.63) is 47.5 Å². The van der Waals surface area contributed by atoms with Crippen molar-refractivity contribution in [3.63, 3.8) is 0 Å². The summed E-state index contributed by atoms with van der Waals surface area (Å²) in [6.07, 6.45) is 0. The number of fused-ring (bicyclic) bond motifs is 1. The molecule has 0 heterocycles. The molecule has 2 rings (SSSR count). The van der Waals surface area contributed by atoms with Crippen molar-refractivity contribution in [1.29, 1.82) is 0 Å². The molecule has 0 aliphatic carbocycles. The van der Waals surface area contributed by atoms with E-state index in [0.717, 1.165) is 21.9 Å². The van der Waals surface area contributed by atoms with Gasteiger partial charge in [-0.05, 0) is 30.2 Å². The minimum atomic E-state index is -0.783. The number of hydrogen-bond donors (Lipinski definition) is 1.